The minimum absolute atomic E-state index is 0.0830. The Morgan fingerprint density at radius 3 is 2.85 bits per heavy atom. The van der Waals surface area contributed by atoms with Crippen molar-refractivity contribution in [1.82, 2.24) is 0 Å². The van der Waals surface area contributed by atoms with E-state index >= 15 is 0 Å². The molecule has 0 unspecified atom stereocenters. The number of halogens is 1. The average molecular weight is 200 g/mol. The summed E-state index contributed by atoms with van der Waals surface area (Å²) in [4.78, 5) is 10.3. The number of carboxylic acids is 1. The molecule has 0 aliphatic heterocycles. The standard InChI is InChI=1S/C9H10ClNO2/c10-7-3-1-2-6(4-7)8(11)5-9(12)13/h1-4,8H,5,11H2,(H,12,13)/t8-/m0/s1. The highest BCUT2D eigenvalue weighted by Gasteiger charge is 2.09. The molecule has 0 fully saturated rings. The lowest BCUT2D eigenvalue weighted by molar-refractivity contribution is -0.430. The van der Waals surface area contributed by atoms with E-state index < -0.39 is 5.97 Å². The molecule has 3 N–H and O–H groups in total. The molecule has 0 amide bonds. The lowest BCUT2D eigenvalue weighted by Crippen LogP contribution is -2.55. The smallest absolute Gasteiger partial charge is 0.115 e. The van der Waals surface area contributed by atoms with E-state index in [1.807, 2.05) is 0 Å². The Balaban J connectivity index is 2.76. The van der Waals surface area contributed by atoms with E-state index in [1.54, 1.807) is 24.3 Å². The van der Waals surface area contributed by atoms with Gasteiger partial charge in [0.25, 0.3) is 0 Å². The number of rotatable bonds is 3. The Morgan fingerprint density at radius 1 is 1.62 bits per heavy atom. The Kier molecular flexibility index (Phi) is 3.28. The molecular formula is C9H10ClNO2. The minimum atomic E-state index is -1.10. The number of hydrogen-bond donors (Lipinski definition) is 1. The molecule has 13 heavy (non-hydrogen) atoms. The summed E-state index contributed by atoms with van der Waals surface area (Å²) in [7, 11) is 0. The summed E-state index contributed by atoms with van der Waals surface area (Å²) in [6, 6.07) is 6.71. The van der Waals surface area contributed by atoms with Gasteiger partial charge < -0.3 is 15.6 Å². The number of hydrogen-bond acceptors (Lipinski definition) is 2. The summed E-state index contributed by atoms with van der Waals surface area (Å²) >= 11 is 5.73. The number of carbonyl (C=O) groups is 1. The molecule has 0 saturated heterocycles. The van der Waals surface area contributed by atoms with Crippen LogP contribution >= 0.6 is 11.6 Å². The first-order valence-electron chi connectivity index (χ1n) is 3.88. The van der Waals surface area contributed by atoms with Crippen molar-refractivity contribution < 1.29 is 15.6 Å². The quantitative estimate of drug-likeness (QED) is 0.730. The molecule has 0 aliphatic carbocycles. The third-order valence-corrected chi connectivity index (χ3v) is 1.97. The maximum absolute atomic E-state index is 10.3. The average Bonchev–Trinajstić information content (AvgIpc) is 2.03. The van der Waals surface area contributed by atoms with Gasteiger partial charge in [0.2, 0.25) is 0 Å². The van der Waals surface area contributed by atoms with Gasteiger partial charge in [-0.2, -0.15) is 0 Å². The second kappa shape index (κ2) is 4.25. The Bertz CT molecular complexity index is 314. The predicted molar refractivity (Wildman–Crippen MR) is 46.7 cm³/mol. The zero-order valence-electron chi connectivity index (χ0n) is 7.00. The molecule has 0 heterocycles. The number of benzene rings is 1. The number of carbonyl (C=O) groups excluding carboxylic acids is 1. The molecule has 0 aromatic heterocycles. The van der Waals surface area contributed by atoms with Gasteiger partial charge in [0.15, 0.2) is 0 Å². The summed E-state index contributed by atoms with van der Waals surface area (Å²) in [6.45, 7) is 0. The van der Waals surface area contributed by atoms with Crippen LogP contribution in [0.25, 0.3) is 0 Å². The van der Waals surface area contributed by atoms with Crippen molar-refractivity contribution >= 4 is 17.6 Å². The van der Waals surface area contributed by atoms with Crippen LogP contribution in [0.4, 0.5) is 0 Å². The Labute approximate surface area is 81.1 Å². The van der Waals surface area contributed by atoms with Gasteiger partial charge in [-0.1, -0.05) is 23.7 Å². The van der Waals surface area contributed by atoms with E-state index in [0.717, 1.165) is 5.56 Å². The molecular weight excluding hydrogens is 190 g/mol. The zero-order chi connectivity index (χ0) is 9.84. The fraction of sp³-hybridized carbons (Fsp3) is 0.222. The highest BCUT2D eigenvalue weighted by atomic mass is 35.5. The van der Waals surface area contributed by atoms with Gasteiger partial charge in [0.1, 0.15) is 6.04 Å². The maximum atomic E-state index is 10.3. The van der Waals surface area contributed by atoms with Crippen molar-refractivity contribution in [2.75, 3.05) is 0 Å². The summed E-state index contributed by atoms with van der Waals surface area (Å²) in [5.41, 5.74) is 4.53. The summed E-state index contributed by atoms with van der Waals surface area (Å²) < 4.78 is 0. The largest absolute Gasteiger partial charge is 0.550 e. The lowest BCUT2D eigenvalue weighted by Gasteiger charge is -2.09. The van der Waals surface area contributed by atoms with Crippen molar-refractivity contribution in [2.45, 2.75) is 12.5 Å². The molecule has 0 bridgehead atoms. The van der Waals surface area contributed by atoms with Gasteiger partial charge in [-0.3, -0.25) is 0 Å². The first-order chi connectivity index (χ1) is 6.09. The highest BCUT2D eigenvalue weighted by Crippen LogP contribution is 2.16. The van der Waals surface area contributed by atoms with E-state index in [2.05, 4.69) is 5.73 Å². The molecule has 0 aliphatic rings. The second-order valence-corrected chi connectivity index (χ2v) is 3.26. The van der Waals surface area contributed by atoms with E-state index in [4.69, 9.17) is 11.6 Å². The van der Waals surface area contributed by atoms with Gasteiger partial charge in [-0.05, 0) is 12.1 Å². The zero-order valence-corrected chi connectivity index (χ0v) is 7.75. The van der Waals surface area contributed by atoms with Gasteiger partial charge in [0.05, 0.1) is 0 Å². The van der Waals surface area contributed by atoms with Crippen molar-refractivity contribution in [3.05, 3.63) is 34.9 Å². The number of aliphatic carboxylic acids is 1. The van der Waals surface area contributed by atoms with Crippen LogP contribution in [0, 0.1) is 0 Å². The fourth-order valence-corrected chi connectivity index (χ4v) is 1.28. The van der Waals surface area contributed by atoms with Crippen LogP contribution in [-0.2, 0) is 4.79 Å². The molecule has 0 spiro atoms. The molecule has 3 nitrogen and oxygen atoms in total. The maximum Gasteiger partial charge on any atom is 0.115 e. The summed E-state index contributed by atoms with van der Waals surface area (Å²) in [5.74, 6) is -1.10. The second-order valence-electron chi connectivity index (χ2n) is 2.83. The SMILES string of the molecule is [NH3+][C@@H](CC(=O)[O-])c1cccc(Cl)c1. The molecule has 4 heteroatoms. The minimum Gasteiger partial charge on any atom is -0.550 e. The van der Waals surface area contributed by atoms with Crippen molar-refractivity contribution in [3.8, 4) is 0 Å². The van der Waals surface area contributed by atoms with Gasteiger partial charge in [0, 0.05) is 23.0 Å². The first-order valence-corrected chi connectivity index (χ1v) is 4.26. The monoisotopic (exact) mass is 199 g/mol. The molecule has 1 atom stereocenters. The Hall–Kier alpha value is -1.06. The van der Waals surface area contributed by atoms with Crippen LogP contribution in [0.3, 0.4) is 0 Å². The van der Waals surface area contributed by atoms with Crippen LogP contribution in [-0.4, -0.2) is 5.97 Å². The Morgan fingerprint density at radius 2 is 2.31 bits per heavy atom. The molecule has 1 rings (SSSR count). The van der Waals surface area contributed by atoms with Crippen LogP contribution in [0.15, 0.2) is 24.3 Å². The molecule has 70 valence electrons. The normalized spacial score (nSPS) is 12.5. The fourth-order valence-electron chi connectivity index (χ4n) is 1.08. The van der Waals surface area contributed by atoms with Gasteiger partial charge in [-0.25, -0.2) is 0 Å². The van der Waals surface area contributed by atoms with Gasteiger partial charge >= 0.3 is 0 Å². The lowest BCUT2D eigenvalue weighted by atomic mass is 10.1. The van der Waals surface area contributed by atoms with E-state index in [9.17, 15) is 9.90 Å². The first kappa shape index (κ1) is 10.0. The number of carboxylic acid groups (broad SMARTS) is 1. The van der Waals surface area contributed by atoms with E-state index in [0.29, 0.717) is 5.02 Å². The third kappa shape index (κ3) is 3.05. The van der Waals surface area contributed by atoms with Crippen LogP contribution in [0.5, 0.6) is 0 Å². The summed E-state index contributed by atoms with van der Waals surface area (Å²) in [6.07, 6.45) is -0.0830. The highest BCUT2D eigenvalue weighted by molar-refractivity contribution is 6.30. The predicted octanol–water partition coefficient (Wildman–Crippen LogP) is -0.237. The topological polar surface area (TPSA) is 67.8 Å². The number of quaternary nitrogens is 1. The van der Waals surface area contributed by atoms with Gasteiger partial charge in [-0.15, -0.1) is 0 Å². The third-order valence-electron chi connectivity index (χ3n) is 1.73. The summed E-state index contributed by atoms with van der Waals surface area (Å²) in [5, 5.41) is 10.9. The van der Waals surface area contributed by atoms with Crippen LogP contribution in [0.1, 0.15) is 18.0 Å². The molecule has 0 radical (unpaired) electrons. The van der Waals surface area contributed by atoms with Crippen LogP contribution in [0.2, 0.25) is 5.02 Å². The van der Waals surface area contributed by atoms with Crippen molar-refractivity contribution in [1.29, 1.82) is 0 Å². The molecule has 1 aromatic rings. The van der Waals surface area contributed by atoms with E-state index in [-0.39, 0.29) is 12.5 Å². The van der Waals surface area contributed by atoms with Crippen LogP contribution < -0.4 is 10.8 Å². The van der Waals surface area contributed by atoms with Crippen molar-refractivity contribution in [3.63, 3.8) is 0 Å². The van der Waals surface area contributed by atoms with E-state index in [1.165, 1.54) is 0 Å². The van der Waals surface area contributed by atoms with Crippen molar-refractivity contribution in [2.24, 2.45) is 0 Å². The molecule has 0 saturated carbocycles. The molecule has 1 aromatic carbocycles.